The molecule has 86 valence electrons. The summed E-state index contributed by atoms with van der Waals surface area (Å²) in [5, 5.41) is 12.4. The third-order valence-electron chi connectivity index (χ3n) is 3.06. The third-order valence-corrected chi connectivity index (χ3v) is 3.06. The van der Waals surface area contributed by atoms with E-state index in [1.807, 2.05) is 31.2 Å². The molecule has 1 aromatic carbocycles. The number of hydrogen-bond donors (Lipinski definition) is 2. The van der Waals surface area contributed by atoms with Crippen molar-refractivity contribution in [2.75, 3.05) is 5.32 Å². The molecule has 1 aliphatic rings. The van der Waals surface area contributed by atoms with Crippen LogP contribution in [0.3, 0.4) is 0 Å². The molecule has 3 heteroatoms. The van der Waals surface area contributed by atoms with Gasteiger partial charge in [-0.2, -0.15) is 0 Å². The van der Waals surface area contributed by atoms with Crippen molar-refractivity contribution < 1.29 is 9.90 Å². The van der Waals surface area contributed by atoms with Crippen LogP contribution in [-0.2, 0) is 4.79 Å². The molecule has 0 heterocycles. The van der Waals surface area contributed by atoms with Crippen molar-refractivity contribution in [3.8, 4) is 0 Å². The number of amides is 1. The topological polar surface area (TPSA) is 49.3 Å². The quantitative estimate of drug-likeness (QED) is 0.800. The first kappa shape index (κ1) is 11.1. The van der Waals surface area contributed by atoms with Crippen LogP contribution in [0.4, 0.5) is 5.69 Å². The maximum Gasteiger partial charge on any atom is 0.227 e. The number of nitrogens with one attached hydrogen (secondary N) is 1. The van der Waals surface area contributed by atoms with Gasteiger partial charge in [-0.15, -0.1) is 0 Å². The molecule has 0 saturated heterocycles. The Labute approximate surface area is 95.5 Å². The summed E-state index contributed by atoms with van der Waals surface area (Å²) >= 11 is 0. The van der Waals surface area contributed by atoms with E-state index in [2.05, 4.69) is 5.32 Å². The molecule has 0 radical (unpaired) electrons. The number of hydrogen-bond acceptors (Lipinski definition) is 2. The van der Waals surface area contributed by atoms with Gasteiger partial charge >= 0.3 is 0 Å². The lowest BCUT2D eigenvalue weighted by molar-refractivity contribution is -0.133. The van der Waals surface area contributed by atoms with Gasteiger partial charge in [0.15, 0.2) is 0 Å². The second-order valence-corrected chi connectivity index (χ2v) is 4.96. The summed E-state index contributed by atoms with van der Waals surface area (Å²) in [6.45, 7) is 3.78. The molecule has 1 saturated carbocycles. The van der Waals surface area contributed by atoms with Crippen LogP contribution in [0.1, 0.15) is 25.3 Å². The van der Waals surface area contributed by atoms with E-state index >= 15 is 0 Å². The largest absolute Gasteiger partial charge is 0.390 e. The zero-order chi connectivity index (χ0) is 11.8. The Morgan fingerprint density at radius 2 is 1.94 bits per heavy atom. The highest BCUT2D eigenvalue weighted by atomic mass is 16.3. The van der Waals surface area contributed by atoms with Crippen LogP contribution in [0.2, 0.25) is 0 Å². The fourth-order valence-electron chi connectivity index (χ4n) is 2.07. The zero-order valence-corrected chi connectivity index (χ0v) is 9.66. The van der Waals surface area contributed by atoms with E-state index in [0.29, 0.717) is 12.8 Å². The lowest BCUT2D eigenvalue weighted by Crippen LogP contribution is -2.46. The normalized spacial score (nSPS) is 28.3. The Bertz CT molecular complexity index is 387. The van der Waals surface area contributed by atoms with Crippen LogP contribution in [0.5, 0.6) is 0 Å². The van der Waals surface area contributed by atoms with Gasteiger partial charge in [0.05, 0.1) is 5.60 Å². The molecule has 3 nitrogen and oxygen atoms in total. The summed E-state index contributed by atoms with van der Waals surface area (Å²) in [5.41, 5.74) is 1.35. The van der Waals surface area contributed by atoms with Crippen molar-refractivity contribution >= 4 is 11.6 Å². The van der Waals surface area contributed by atoms with Gasteiger partial charge in [0.25, 0.3) is 0 Å². The van der Waals surface area contributed by atoms with E-state index in [1.165, 1.54) is 5.56 Å². The van der Waals surface area contributed by atoms with E-state index in [-0.39, 0.29) is 11.8 Å². The van der Waals surface area contributed by atoms with E-state index in [9.17, 15) is 9.90 Å². The minimum absolute atomic E-state index is 0.00961. The maximum absolute atomic E-state index is 11.7. The Morgan fingerprint density at radius 3 is 2.44 bits per heavy atom. The van der Waals surface area contributed by atoms with E-state index < -0.39 is 5.60 Å². The Morgan fingerprint density at radius 1 is 1.38 bits per heavy atom. The number of aryl methyl sites for hydroxylation is 1. The van der Waals surface area contributed by atoms with Gasteiger partial charge in [0.1, 0.15) is 0 Å². The van der Waals surface area contributed by atoms with Gasteiger partial charge in [-0.1, -0.05) is 17.7 Å². The molecular formula is C13H17NO2. The Hall–Kier alpha value is -1.35. The van der Waals surface area contributed by atoms with Crippen LogP contribution in [0.15, 0.2) is 24.3 Å². The molecule has 2 N–H and O–H groups in total. The average molecular weight is 219 g/mol. The Kier molecular flexibility index (Phi) is 2.72. The van der Waals surface area contributed by atoms with Gasteiger partial charge in [0.2, 0.25) is 5.91 Å². The molecule has 1 fully saturated rings. The fraction of sp³-hybridized carbons (Fsp3) is 0.462. The van der Waals surface area contributed by atoms with Crippen LogP contribution in [0, 0.1) is 12.8 Å². The molecule has 16 heavy (non-hydrogen) atoms. The maximum atomic E-state index is 11.7. The Balaban J connectivity index is 1.91. The van der Waals surface area contributed by atoms with Crippen molar-refractivity contribution in [3.05, 3.63) is 29.8 Å². The monoisotopic (exact) mass is 219 g/mol. The predicted molar refractivity (Wildman–Crippen MR) is 63.2 cm³/mol. The van der Waals surface area contributed by atoms with Crippen LogP contribution >= 0.6 is 0 Å². The molecule has 0 aliphatic heterocycles. The second-order valence-electron chi connectivity index (χ2n) is 4.96. The first-order valence-corrected chi connectivity index (χ1v) is 5.56. The lowest BCUT2D eigenvalue weighted by Gasteiger charge is -2.39. The van der Waals surface area contributed by atoms with Gasteiger partial charge in [0, 0.05) is 11.6 Å². The number of benzene rings is 1. The molecule has 2 rings (SSSR count). The summed E-state index contributed by atoms with van der Waals surface area (Å²) in [5.74, 6) is -0.0355. The lowest BCUT2D eigenvalue weighted by atomic mass is 9.72. The van der Waals surface area contributed by atoms with Crippen molar-refractivity contribution in [1.29, 1.82) is 0 Å². The van der Waals surface area contributed by atoms with Gasteiger partial charge in [-0.3, -0.25) is 4.79 Å². The fourth-order valence-corrected chi connectivity index (χ4v) is 2.07. The summed E-state index contributed by atoms with van der Waals surface area (Å²) in [6.07, 6.45) is 1.12. The van der Waals surface area contributed by atoms with Gasteiger partial charge < -0.3 is 10.4 Å². The predicted octanol–water partition coefficient (Wildman–Crippen LogP) is 2.09. The number of carbonyl (C=O) groups excluding carboxylic acids is 1. The molecule has 0 bridgehead atoms. The van der Waals surface area contributed by atoms with Gasteiger partial charge in [-0.25, -0.2) is 0 Å². The summed E-state index contributed by atoms with van der Waals surface area (Å²) < 4.78 is 0. The first-order valence-electron chi connectivity index (χ1n) is 5.56. The number of rotatable bonds is 2. The molecule has 0 spiro atoms. The van der Waals surface area contributed by atoms with Crippen LogP contribution in [0.25, 0.3) is 0 Å². The third kappa shape index (κ3) is 2.42. The molecular weight excluding hydrogens is 202 g/mol. The highest BCUT2D eigenvalue weighted by Crippen LogP contribution is 2.37. The first-order chi connectivity index (χ1) is 7.46. The second kappa shape index (κ2) is 3.91. The zero-order valence-electron chi connectivity index (χ0n) is 9.66. The smallest absolute Gasteiger partial charge is 0.227 e. The molecule has 1 aliphatic carbocycles. The number of anilines is 1. The number of carbonyl (C=O) groups is 1. The molecule has 0 unspecified atom stereocenters. The molecule has 0 aromatic heterocycles. The number of aliphatic hydroxyl groups is 1. The van der Waals surface area contributed by atoms with Crippen molar-refractivity contribution in [1.82, 2.24) is 0 Å². The summed E-state index contributed by atoms with van der Waals surface area (Å²) in [7, 11) is 0. The summed E-state index contributed by atoms with van der Waals surface area (Å²) in [6, 6.07) is 7.72. The SMILES string of the molecule is Cc1ccc(NC(=O)C2CC(C)(O)C2)cc1. The van der Waals surface area contributed by atoms with E-state index in [0.717, 1.165) is 5.69 Å². The van der Waals surface area contributed by atoms with E-state index in [1.54, 1.807) is 6.92 Å². The highest BCUT2D eigenvalue weighted by molar-refractivity contribution is 5.93. The van der Waals surface area contributed by atoms with Crippen molar-refractivity contribution in [2.45, 2.75) is 32.3 Å². The molecule has 0 atom stereocenters. The van der Waals surface area contributed by atoms with Crippen molar-refractivity contribution in [2.24, 2.45) is 5.92 Å². The minimum atomic E-state index is -0.644. The van der Waals surface area contributed by atoms with Crippen molar-refractivity contribution in [3.63, 3.8) is 0 Å². The average Bonchev–Trinajstić information content (AvgIpc) is 2.18. The summed E-state index contributed by atoms with van der Waals surface area (Å²) in [4.78, 5) is 11.7. The molecule has 1 amide bonds. The standard InChI is InChI=1S/C13H17NO2/c1-9-3-5-11(6-4-9)14-12(15)10-7-13(2,16)8-10/h3-6,10,16H,7-8H2,1-2H3,(H,14,15). The van der Waals surface area contributed by atoms with Gasteiger partial charge in [-0.05, 0) is 38.8 Å². The molecule has 1 aromatic rings. The van der Waals surface area contributed by atoms with E-state index in [4.69, 9.17) is 0 Å². The van der Waals surface area contributed by atoms with Crippen LogP contribution in [-0.4, -0.2) is 16.6 Å². The van der Waals surface area contributed by atoms with Crippen LogP contribution < -0.4 is 5.32 Å². The highest BCUT2D eigenvalue weighted by Gasteiger charge is 2.42. The minimum Gasteiger partial charge on any atom is -0.390 e.